The van der Waals surface area contributed by atoms with Gasteiger partial charge in [0.05, 0.1) is 13.0 Å². The van der Waals surface area contributed by atoms with E-state index in [1.807, 2.05) is 47.8 Å². The van der Waals surface area contributed by atoms with Crippen molar-refractivity contribution in [2.45, 2.75) is 13.0 Å². The topological polar surface area (TPSA) is 68.4 Å². The highest BCUT2D eigenvalue weighted by Crippen LogP contribution is 2.14. The predicted molar refractivity (Wildman–Crippen MR) is 102 cm³/mol. The molecule has 0 aliphatic carbocycles. The van der Waals surface area contributed by atoms with Crippen LogP contribution in [0.4, 0.5) is 5.69 Å². The van der Waals surface area contributed by atoms with Crippen molar-refractivity contribution < 1.29 is 4.79 Å². The predicted octanol–water partition coefficient (Wildman–Crippen LogP) is 2.79. The van der Waals surface area contributed by atoms with Crippen molar-refractivity contribution in [1.82, 2.24) is 14.2 Å². The number of amides is 1. The molecule has 4 rings (SSSR count). The lowest BCUT2D eigenvalue weighted by Crippen LogP contribution is -2.21. The number of carbonyl (C=O) groups is 1. The Balaban J connectivity index is 1.51. The first-order valence-electron chi connectivity index (χ1n) is 8.14. The summed E-state index contributed by atoms with van der Waals surface area (Å²) in [6.45, 7) is 0.342. The van der Waals surface area contributed by atoms with Crippen molar-refractivity contribution in [3.63, 3.8) is 0 Å². The van der Waals surface area contributed by atoms with Crippen LogP contribution in [0.25, 0.3) is 5.65 Å². The molecule has 4 aromatic rings. The van der Waals surface area contributed by atoms with Gasteiger partial charge in [0.15, 0.2) is 5.65 Å². The molecule has 6 nitrogen and oxygen atoms in total. The first-order chi connectivity index (χ1) is 12.7. The number of nitrogens with one attached hydrogen (secondary N) is 1. The average Bonchev–Trinajstić information content (AvgIpc) is 3.24. The Bertz CT molecular complexity index is 1110. The Labute approximate surface area is 153 Å². The summed E-state index contributed by atoms with van der Waals surface area (Å²) in [6, 6.07) is 16.8. The van der Waals surface area contributed by atoms with Gasteiger partial charge in [-0.2, -0.15) is 0 Å². The molecule has 3 aromatic heterocycles. The summed E-state index contributed by atoms with van der Waals surface area (Å²) in [5.41, 5.74) is 2.02. The lowest BCUT2D eigenvalue weighted by molar-refractivity contribution is -0.115. The van der Waals surface area contributed by atoms with E-state index in [0.717, 1.165) is 10.4 Å². The number of rotatable bonds is 5. The highest BCUT2D eigenvalue weighted by atomic mass is 32.1. The SMILES string of the molecule is O=C(Cc1cccs1)Nc1cccc(Cn2nc3ccccn3c2=O)c1. The Morgan fingerprint density at radius 1 is 1.12 bits per heavy atom. The third kappa shape index (κ3) is 3.43. The number of nitrogens with zero attached hydrogens (tertiary/aromatic N) is 3. The zero-order valence-corrected chi connectivity index (χ0v) is 14.6. The van der Waals surface area contributed by atoms with E-state index in [-0.39, 0.29) is 11.6 Å². The number of aromatic nitrogens is 3. The molecule has 3 heterocycles. The van der Waals surface area contributed by atoms with Gasteiger partial charge in [0.2, 0.25) is 5.91 Å². The third-order valence-electron chi connectivity index (χ3n) is 3.95. The highest BCUT2D eigenvalue weighted by Gasteiger charge is 2.08. The number of benzene rings is 1. The molecule has 0 spiro atoms. The normalized spacial score (nSPS) is 10.9. The van der Waals surface area contributed by atoms with E-state index < -0.39 is 0 Å². The molecule has 0 saturated carbocycles. The monoisotopic (exact) mass is 364 g/mol. The molecule has 0 aliphatic heterocycles. The van der Waals surface area contributed by atoms with Crippen LogP contribution in [0.3, 0.4) is 0 Å². The summed E-state index contributed by atoms with van der Waals surface area (Å²) < 4.78 is 2.93. The minimum atomic E-state index is -0.187. The molecule has 7 heteroatoms. The van der Waals surface area contributed by atoms with E-state index in [1.165, 1.54) is 9.08 Å². The van der Waals surface area contributed by atoms with Crippen LogP contribution in [-0.4, -0.2) is 20.1 Å². The van der Waals surface area contributed by atoms with E-state index in [2.05, 4.69) is 10.4 Å². The number of hydrogen-bond acceptors (Lipinski definition) is 4. The van der Waals surface area contributed by atoms with Gasteiger partial charge in [-0.05, 0) is 41.3 Å². The summed E-state index contributed by atoms with van der Waals surface area (Å²) in [7, 11) is 0. The number of thiophene rings is 1. The molecule has 26 heavy (non-hydrogen) atoms. The van der Waals surface area contributed by atoms with E-state index in [9.17, 15) is 9.59 Å². The average molecular weight is 364 g/mol. The minimum Gasteiger partial charge on any atom is -0.326 e. The van der Waals surface area contributed by atoms with E-state index in [0.29, 0.717) is 24.3 Å². The second-order valence-electron chi connectivity index (χ2n) is 5.87. The van der Waals surface area contributed by atoms with E-state index in [4.69, 9.17) is 0 Å². The van der Waals surface area contributed by atoms with Crippen molar-refractivity contribution in [2.24, 2.45) is 0 Å². The van der Waals surface area contributed by atoms with E-state index in [1.54, 1.807) is 29.7 Å². The van der Waals surface area contributed by atoms with Gasteiger partial charge in [0.25, 0.3) is 0 Å². The molecule has 1 amide bonds. The zero-order chi connectivity index (χ0) is 17.9. The summed E-state index contributed by atoms with van der Waals surface area (Å²) in [4.78, 5) is 25.5. The Morgan fingerprint density at radius 2 is 2.04 bits per heavy atom. The van der Waals surface area contributed by atoms with Crippen molar-refractivity contribution in [1.29, 1.82) is 0 Å². The van der Waals surface area contributed by atoms with Crippen LogP contribution in [0.15, 0.2) is 71.0 Å². The molecular weight excluding hydrogens is 348 g/mol. The summed E-state index contributed by atoms with van der Waals surface area (Å²) in [6.07, 6.45) is 2.05. The number of hydrogen-bond donors (Lipinski definition) is 1. The standard InChI is InChI=1S/C19H16N4O2S/c24-18(12-16-7-4-10-26-16)20-15-6-3-5-14(11-15)13-23-19(25)22-9-2-1-8-17(22)21-23/h1-11H,12-13H2,(H,20,24). The number of fused-ring (bicyclic) bond motifs is 1. The van der Waals surface area contributed by atoms with Crippen LogP contribution in [0.1, 0.15) is 10.4 Å². The van der Waals surface area contributed by atoms with E-state index >= 15 is 0 Å². The van der Waals surface area contributed by atoms with Crippen molar-refractivity contribution in [3.05, 3.63) is 87.1 Å². The second-order valence-corrected chi connectivity index (χ2v) is 6.91. The van der Waals surface area contributed by atoms with Crippen LogP contribution in [0, 0.1) is 0 Å². The van der Waals surface area contributed by atoms with Crippen LogP contribution < -0.4 is 11.0 Å². The fraction of sp³-hybridized carbons (Fsp3) is 0.105. The fourth-order valence-electron chi connectivity index (χ4n) is 2.77. The van der Waals surface area contributed by atoms with Gasteiger partial charge in [-0.3, -0.25) is 9.20 Å². The number of carbonyl (C=O) groups excluding carboxylic acids is 1. The van der Waals surface area contributed by atoms with Crippen LogP contribution >= 0.6 is 11.3 Å². The quantitative estimate of drug-likeness (QED) is 0.592. The Kier molecular flexibility index (Phi) is 4.37. The maximum Gasteiger partial charge on any atom is 0.350 e. The van der Waals surface area contributed by atoms with Gasteiger partial charge in [0.1, 0.15) is 0 Å². The molecule has 1 N–H and O–H groups in total. The maximum absolute atomic E-state index is 12.4. The molecular formula is C19H16N4O2S. The largest absolute Gasteiger partial charge is 0.350 e. The lowest BCUT2D eigenvalue weighted by Gasteiger charge is -2.07. The van der Waals surface area contributed by atoms with Gasteiger partial charge in [0, 0.05) is 16.8 Å². The number of anilines is 1. The third-order valence-corrected chi connectivity index (χ3v) is 4.82. The van der Waals surface area contributed by atoms with Gasteiger partial charge in [-0.25, -0.2) is 9.48 Å². The molecule has 0 unspecified atom stereocenters. The van der Waals surface area contributed by atoms with Crippen LogP contribution in [0.5, 0.6) is 0 Å². The molecule has 0 fully saturated rings. The molecule has 0 bridgehead atoms. The highest BCUT2D eigenvalue weighted by molar-refractivity contribution is 7.10. The van der Waals surface area contributed by atoms with Crippen LogP contribution in [-0.2, 0) is 17.8 Å². The summed E-state index contributed by atoms with van der Waals surface area (Å²) >= 11 is 1.56. The molecule has 0 radical (unpaired) electrons. The summed E-state index contributed by atoms with van der Waals surface area (Å²) in [5.74, 6) is -0.0607. The fourth-order valence-corrected chi connectivity index (χ4v) is 3.47. The van der Waals surface area contributed by atoms with Crippen molar-refractivity contribution in [2.75, 3.05) is 5.32 Å². The molecule has 0 saturated heterocycles. The lowest BCUT2D eigenvalue weighted by atomic mass is 10.2. The first kappa shape index (κ1) is 16.3. The second kappa shape index (κ2) is 6.97. The zero-order valence-electron chi connectivity index (χ0n) is 13.8. The van der Waals surface area contributed by atoms with Gasteiger partial charge >= 0.3 is 5.69 Å². The molecule has 0 aliphatic rings. The first-order valence-corrected chi connectivity index (χ1v) is 9.02. The van der Waals surface area contributed by atoms with Gasteiger partial charge in [-0.1, -0.05) is 24.3 Å². The van der Waals surface area contributed by atoms with Crippen molar-refractivity contribution >= 4 is 28.6 Å². The molecule has 130 valence electrons. The smallest absolute Gasteiger partial charge is 0.326 e. The van der Waals surface area contributed by atoms with Crippen molar-refractivity contribution in [3.8, 4) is 0 Å². The Morgan fingerprint density at radius 3 is 2.85 bits per heavy atom. The van der Waals surface area contributed by atoms with Gasteiger partial charge in [-0.15, -0.1) is 16.4 Å². The molecule has 0 atom stereocenters. The van der Waals surface area contributed by atoms with Crippen LogP contribution in [0.2, 0.25) is 0 Å². The minimum absolute atomic E-state index is 0.0607. The van der Waals surface area contributed by atoms with Gasteiger partial charge < -0.3 is 5.32 Å². The Hall–Kier alpha value is -3.19. The maximum atomic E-state index is 12.4. The summed E-state index contributed by atoms with van der Waals surface area (Å²) in [5, 5.41) is 9.19. The number of pyridine rings is 1. The molecule has 1 aromatic carbocycles.